The molecule has 2 atom stereocenters. The highest BCUT2D eigenvalue weighted by atomic mass is 16.6. The number of nitro groups is 1. The molecule has 1 saturated carbocycles. The Bertz CT molecular complexity index is 582. The van der Waals surface area contributed by atoms with E-state index in [0.717, 1.165) is 25.7 Å². The fourth-order valence-electron chi connectivity index (χ4n) is 2.95. The van der Waals surface area contributed by atoms with Crippen molar-refractivity contribution in [3.8, 4) is 6.07 Å². The second-order valence-electron chi connectivity index (χ2n) is 5.88. The Morgan fingerprint density at radius 2 is 2.38 bits per heavy atom. The second kappa shape index (κ2) is 6.10. The van der Waals surface area contributed by atoms with Gasteiger partial charge in [0.15, 0.2) is 0 Å². The first-order valence-corrected chi connectivity index (χ1v) is 7.08. The van der Waals surface area contributed by atoms with Crippen LogP contribution in [0, 0.1) is 27.4 Å². The van der Waals surface area contributed by atoms with Gasteiger partial charge in [-0.1, -0.05) is 19.8 Å². The fraction of sp³-hybridized carbons (Fsp3) is 0.533. The molecule has 1 aliphatic carbocycles. The van der Waals surface area contributed by atoms with Gasteiger partial charge in [0.2, 0.25) is 0 Å². The Kier molecular flexibility index (Phi) is 4.43. The van der Waals surface area contributed by atoms with Crippen molar-refractivity contribution in [1.29, 1.82) is 5.26 Å². The lowest BCUT2D eigenvalue weighted by Gasteiger charge is -2.35. The van der Waals surface area contributed by atoms with Crippen LogP contribution >= 0.6 is 0 Å². The molecule has 6 nitrogen and oxygen atoms in total. The molecule has 21 heavy (non-hydrogen) atoms. The van der Waals surface area contributed by atoms with Gasteiger partial charge in [-0.15, -0.1) is 0 Å². The van der Waals surface area contributed by atoms with E-state index in [0.29, 0.717) is 18.2 Å². The van der Waals surface area contributed by atoms with E-state index in [1.165, 1.54) is 12.1 Å². The maximum absolute atomic E-state index is 10.9. The Labute approximate surface area is 123 Å². The first-order valence-electron chi connectivity index (χ1n) is 7.08. The van der Waals surface area contributed by atoms with E-state index in [4.69, 9.17) is 5.26 Å². The van der Waals surface area contributed by atoms with E-state index < -0.39 is 10.5 Å². The molecular weight excluding hydrogens is 270 g/mol. The lowest BCUT2D eigenvalue weighted by molar-refractivity contribution is -0.385. The van der Waals surface area contributed by atoms with E-state index >= 15 is 0 Å². The highest BCUT2D eigenvalue weighted by Crippen LogP contribution is 2.32. The standard InChI is InChI=1S/C15H19N3O3/c1-11-3-2-6-15(19,8-11)10-17-13-5-4-12(9-16)14(7-13)18(20)21/h4-5,7,11,17,19H,2-3,6,8,10H2,1H3. The molecule has 112 valence electrons. The summed E-state index contributed by atoms with van der Waals surface area (Å²) in [5.41, 5.74) is -0.394. The smallest absolute Gasteiger partial charge is 0.289 e. The van der Waals surface area contributed by atoms with Gasteiger partial charge in [-0.3, -0.25) is 10.1 Å². The summed E-state index contributed by atoms with van der Waals surface area (Å²) < 4.78 is 0. The van der Waals surface area contributed by atoms with Crippen LogP contribution in [0.5, 0.6) is 0 Å². The normalized spacial score (nSPS) is 25.1. The summed E-state index contributed by atoms with van der Waals surface area (Å²) in [6.07, 6.45) is 3.60. The van der Waals surface area contributed by atoms with E-state index in [1.54, 1.807) is 12.1 Å². The zero-order chi connectivity index (χ0) is 15.5. The molecule has 1 aromatic rings. The number of benzene rings is 1. The summed E-state index contributed by atoms with van der Waals surface area (Å²) in [5, 5.41) is 33.4. The van der Waals surface area contributed by atoms with Crippen LogP contribution in [0.4, 0.5) is 11.4 Å². The van der Waals surface area contributed by atoms with Crippen LogP contribution in [0.1, 0.15) is 38.2 Å². The van der Waals surface area contributed by atoms with Crippen LogP contribution in [0.15, 0.2) is 18.2 Å². The molecule has 2 rings (SSSR count). The van der Waals surface area contributed by atoms with Crippen molar-refractivity contribution in [3.05, 3.63) is 33.9 Å². The summed E-state index contributed by atoms with van der Waals surface area (Å²) >= 11 is 0. The van der Waals surface area contributed by atoms with Gasteiger partial charge in [0, 0.05) is 18.3 Å². The molecule has 0 radical (unpaired) electrons. The minimum atomic E-state index is -0.764. The summed E-state index contributed by atoms with van der Waals surface area (Å²) in [6.45, 7) is 2.48. The number of nitriles is 1. The summed E-state index contributed by atoms with van der Waals surface area (Å²) in [5.74, 6) is 0.487. The molecule has 6 heteroatoms. The van der Waals surface area contributed by atoms with Gasteiger partial charge in [0.1, 0.15) is 11.6 Å². The van der Waals surface area contributed by atoms with Gasteiger partial charge in [-0.05, 0) is 30.9 Å². The van der Waals surface area contributed by atoms with E-state index in [1.807, 2.05) is 0 Å². The number of nitrogens with zero attached hydrogens (tertiary/aromatic N) is 2. The van der Waals surface area contributed by atoms with Gasteiger partial charge in [0.05, 0.1) is 10.5 Å². The molecule has 0 bridgehead atoms. The predicted molar refractivity (Wildman–Crippen MR) is 78.9 cm³/mol. The number of rotatable bonds is 4. The predicted octanol–water partition coefficient (Wildman–Crippen LogP) is 2.82. The number of anilines is 1. The maximum atomic E-state index is 10.9. The van der Waals surface area contributed by atoms with Crippen molar-refractivity contribution < 1.29 is 10.0 Å². The van der Waals surface area contributed by atoms with Crippen LogP contribution in [0.25, 0.3) is 0 Å². The fourth-order valence-corrected chi connectivity index (χ4v) is 2.95. The quantitative estimate of drug-likeness (QED) is 0.656. The van der Waals surface area contributed by atoms with E-state index in [-0.39, 0.29) is 11.3 Å². The van der Waals surface area contributed by atoms with Gasteiger partial charge < -0.3 is 10.4 Å². The third-order valence-electron chi connectivity index (χ3n) is 4.00. The molecule has 0 aliphatic heterocycles. The number of nitro benzene ring substituents is 1. The molecule has 1 fully saturated rings. The van der Waals surface area contributed by atoms with Crippen LogP contribution in [0.3, 0.4) is 0 Å². The first-order chi connectivity index (χ1) is 9.93. The average Bonchev–Trinajstić information content (AvgIpc) is 2.44. The van der Waals surface area contributed by atoms with Crippen molar-refractivity contribution in [1.82, 2.24) is 0 Å². The molecule has 0 aromatic heterocycles. The summed E-state index contributed by atoms with van der Waals surface area (Å²) in [6, 6.07) is 6.20. The first kappa shape index (κ1) is 15.3. The van der Waals surface area contributed by atoms with Crippen LogP contribution in [-0.2, 0) is 0 Å². The molecule has 0 saturated heterocycles. The highest BCUT2D eigenvalue weighted by molar-refractivity contribution is 5.59. The Morgan fingerprint density at radius 1 is 1.62 bits per heavy atom. The molecule has 2 unspecified atom stereocenters. The van der Waals surface area contributed by atoms with Crippen molar-refractivity contribution in [2.45, 2.75) is 38.2 Å². The van der Waals surface area contributed by atoms with Crippen LogP contribution in [-0.4, -0.2) is 22.2 Å². The number of hydrogen-bond acceptors (Lipinski definition) is 5. The molecule has 1 aliphatic rings. The zero-order valence-electron chi connectivity index (χ0n) is 12.0. The highest BCUT2D eigenvalue weighted by Gasteiger charge is 2.32. The van der Waals surface area contributed by atoms with Gasteiger partial charge in [-0.25, -0.2) is 0 Å². The average molecular weight is 289 g/mol. The third kappa shape index (κ3) is 3.70. The lowest BCUT2D eigenvalue weighted by Crippen LogP contribution is -2.41. The Morgan fingerprint density at radius 3 is 3.00 bits per heavy atom. The number of hydrogen-bond donors (Lipinski definition) is 2. The van der Waals surface area contributed by atoms with E-state index in [9.17, 15) is 15.2 Å². The Hall–Kier alpha value is -2.13. The Balaban J connectivity index is 2.08. The third-order valence-corrected chi connectivity index (χ3v) is 4.00. The van der Waals surface area contributed by atoms with Crippen molar-refractivity contribution in [2.75, 3.05) is 11.9 Å². The van der Waals surface area contributed by atoms with Gasteiger partial charge in [0.25, 0.3) is 5.69 Å². The van der Waals surface area contributed by atoms with Gasteiger partial charge >= 0.3 is 0 Å². The molecule has 2 N–H and O–H groups in total. The SMILES string of the molecule is CC1CCCC(O)(CNc2ccc(C#N)c([N+](=O)[O-])c2)C1. The minimum absolute atomic E-state index is 0.0375. The van der Waals surface area contributed by atoms with Crippen molar-refractivity contribution in [3.63, 3.8) is 0 Å². The molecule has 0 heterocycles. The minimum Gasteiger partial charge on any atom is -0.388 e. The monoisotopic (exact) mass is 289 g/mol. The summed E-state index contributed by atoms with van der Waals surface area (Å²) in [7, 11) is 0. The largest absolute Gasteiger partial charge is 0.388 e. The molecule has 0 amide bonds. The van der Waals surface area contributed by atoms with Crippen LogP contribution in [0.2, 0.25) is 0 Å². The molecular formula is C15H19N3O3. The van der Waals surface area contributed by atoms with Crippen LogP contribution < -0.4 is 5.32 Å². The lowest BCUT2D eigenvalue weighted by atomic mass is 9.79. The number of aliphatic hydroxyl groups is 1. The second-order valence-corrected chi connectivity index (χ2v) is 5.88. The zero-order valence-corrected chi connectivity index (χ0v) is 12.0. The summed E-state index contributed by atoms with van der Waals surface area (Å²) in [4.78, 5) is 10.4. The number of nitrogens with one attached hydrogen (secondary N) is 1. The van der Waals surface area contributed by atoms with E-state index in [2.05, 4.69) is 12.2 Å². The van der Waals surface area contributed by atoms with Crippen molar-refractivity contribution in [2.24, 2.45) is 5.92 Å². The van der Waals surface area contributed by atoms with Crippen molar-refractivity contribution >= 4 is 11.4 Å². The molecule has 1 aromatic carbocycles. The topological polar surface area (TPSA) is 99.2 Å². The maximum Gasteiger partial charge on any atom is 0.289 e. The van der Waals surface area contributed by atoms with Gasteiger partial charge in [-0.2, -0.15) is 5.26 Å². The molecule has 0 spiro atoms.